The number of rotatable bonds is 10. The number of carboxylic acid groups (broad SMARTS) is 1. The van der Waals surface area contributed by atoms with Gasteiger partial charge in [0, 0.05) is 25.2 Å². The summed E-state index contributed by atoms with van der Waals surface area (Å²) < 4.78 is 5.59. The van der Waals surface area contributed by atoms with Crippen molar-refractivity contribution >= 4 is 11.9 Å². The van der Waals surface area contributed by atoms with E-state index in [9.17, 15) is 9.59 Å². The van der Waals surface area contributed by atoms with E-state index in [4.69, 9.17) is 9.84 Å². The fraction of sp³-hybridized carbons (Fsp3) is 0.263. The lowest BCUT2D eigenvalue weighted by Gasteiger charge is -2.08. The maximum Gasteiger partial charge on any atom is 0.305 e. The molecule has 6 heteroatoms. The summed E-state index contributed by atoms with van der Waals surface area (Å²) in [5, 5.41) is 14.4. The zero-order valence-electron chi connectivity index (χ0n) is 13.9. The first-order valence-electron chi connectivity index (χ1n) is 8.12. The van der Waals surface area contributed by atoms with Crippen molar-refractivity contribution in [3.8, 4) is 5.75 Å². The molecule has 0 bridgehead atoms. The lowest BCUT2D eigenvalue weighted by molar-refractivity contribution is -0.136. The van der Waals surface area contributed by atoms with E-state index in [1.54, 1.807) is 12.1 Å². The summed E-state index contributed by atoms with van der Waals surface area (Å²) in [4.78, 5) is 22.3. The number of para-hydroxylation sites is 1. The monoisotopic (exact) mass is 342 g/mol. The van der Waals surface area contributed by atoms with E-state index >= 15 is 0 Å². The summed E-state index contributed by atoms with van der Waals surface area (Å²) in [6.07, 6.45) is -0.0845. The Morgan fingerprint density at radius 2 is 1.68 bits per heavy atom. The molecule has 25 heavy (non-hydrogen) atoms. The summed E-state index contributed by atoms with van der Waals surface area (Å²) in [7, 11) is 0. The van der Waals surface area contributed by atoms with Crippen LogP contribution in [0.2, 0.25) is 0 Å². The summed E-state index contributed by atoms with van der Waals surface area (Å²) in [5.74, 6) is -0.349. The third-order valence-electron chi connectivity index (χ3n) is 3.46. The van der Waals surface area contributed by atoms with Gasteiger partial charge in [-0.3, -0.25) is 9.59 Å². The van der Waals surface area contributed by atoms with Gasteiger partial charge in [-0.15, -0.1) is 0 Å². The molecule has 0 atom stereocenters. The van der Waals surface area contributed by atoms with Gasteiger partial charge in [-0.25, -0.2) is 0 Å². The fourth-order valence-corrected chi connectivity index (χ4v) is 2.15. The Hall–Kier alpha value is -2.86. The number of carbonyl (C=O) groups is 2. The van der Waals surface area contributed by atoms with Gasteiger partial charge in [-0.05, 0) is 29.8 Å². The van der Waals surface area contributed by atoms with Crippen LogP contribution in [-0.2, 0) is 11.3 Å². The first-order valence-corrected chi connectivity index (χ1v) is 8.12. The van der Waals surface area contributed by atoms with Crippen molar-refractivity contribution in [2.75, 3.05) is 19.7 Å². The van der Waals surface area contributed by atoms with Gasteiger partial charge in [0.25, 0.3) is 5.91 Å². The van der Waals surface area contributed by atoms with Crippen LogP contribution in [0.5, 0.6) is 5.75 Å². The second-order valence-electron chi connectivity index (χ2n) is 5.43. The molecule has 0 aliphatic heterocycles. The molecular formula is C19H22N2O4. The lowest BCUT2D eigenvalue weighted by atomic mass is 10.1. The highest BCUT2D eigenvalue weighted by molar-refractivity contribution is 5.94. The highest BCUT2D eigenvalue weighted by Crippen LogP contribution is 2.07. The van der Waals surface area contributed by atoms with Crippen molar-refractivity contribution < 1.29 is 19.4 Å². The minimum Gasteiger partial charge on any atom is -0.492 e. The molecule has 0 saturated heterocycles. The summed E-state index contributed by atoms with van der Waals surface area (Å²) in [6.45, 7) is 2.10. The second kappa shape index (κ2) is 10.1. The van der Waals surface area contributed by atoms with Crippen LogP contribution in [-0.4, -0.2) is 36.7 Å². The smallest absolute Gasteiger partial charge is 0.305 e. The SMILES string of the molecule is O=C(O)CCNC(=O)c1ccc(CNCCOc2ccccc2)cc1. The topological polar surface area (TPSA) is 87.7 Å². The number of hydrogen-bond acceptors (Lipinski definition) is 4. The minimum absolute atomic E-state index is 0.0845. The normalized spacial score (nSPS) is 10.2. The van der Waals surface area contributed by atoms with Crippen LogP contribution < -0.4 is 15.4 Å². The van der Waals surface area contributed by atoms with Crippen LogP contribution in [0.15, 0.2) is 54.6 Å². The molecule has 1 amide bonds. The van der Waals surface area contributed by atoms with Gasteiger partial charge in [0.05, 0.1) is 6.42 Å². The number of amides is 1. The van der Waals surface area contributed by atoms with E-state index in [1.807, 2.05) is 42.5 Å². The molecular weight excluding hydrogens is 320 g/mol. The van der Waals surface area contributed by atoms with E-state index in [2.05, 4.69) is 10.6 Å². The number of aliphatic carboxylic acids is 1. The molecule has 6 nitrogen and oxygen atoms in total. The summed E-state index contributed by atoms with van der Waals surface area (Å²) >= 11 is 0. The average molecular weight is 342 g/mol. The van der Waals surface area contributed by atoms with Gasteiger partial charge in [0.1, 0.15) is 12.4 Å². The third-order valence-corrected chi connectivity index (χ3v) is 3.46. The molecule has 0 saturated carbocycles. The Morgan fingerprint density at radius 1 is 0.960 bits per heavy atom. The molecule has 0 heterocycles. The maximum absolute atomic E-state index is 11.8. The molecule has 2 rings (SSSR count). The summed E-state index contributed by atoms with van der Waals surface area (Å²) in [6, 6.07) is 16.8. The Bertz CT molecular complexity index is 672. The molecule has 0 radical (unpaired) electrons. The van der Waals surface area contributed by atoms with E-state index in [-0.39, 0.29) is 18.9 Å². The highest BCUT2D eigenvalue weighted by atomic mass is 16.5. The van der Waals surface area contributed by atoms with E-state index < -0.39 is 5.97 Å². The third kappa shape index (κ3) is 7.05. The van der Waals surface area contributed by atoms with Crippen molar-refractivity contribution in [1.82, 2.24) is 10.6 Å². The van der Waals surface area contributed by atoms with Crippen LogP contribution in [0.25, 0.3) is 0 Å². The van der Waals surface area contributed by atoms with E-state index in [1.165, 1.54) is 0 Å². The largest absolute Gasteiger partial charge is 0.492 e. The number of ether oxygens (including phenoxy) is 1. The van der Waals surface area contributed by atoms with Gasteiger partial charge in [-0.2, -0.15) is 0 Å². The van der Waals surface area contributed by atoms with Crippen LogP contribution >= 0.6 is 0 Å². The molecule has 0 fully saturated rings. The second-order valence-corrected chi connectivity index (χ2v) is 5.43. The van der Waals surface area contributed by atoms with Gasteiger partial charge in [0.15, 0.2) is 0 Å². The van der Waals surface area contributed by atoms with E-state index in [0.717, 1.165) is 11.3 Å². The molecule has 0 aliphatic rings. The van der Waals surface area contributed by atoms with Crippen molar-refractivity contribution in [1.29, 1.82) is 0 Å². The van der Waals surface area contributed by atoms with Crippen LogP contribution in [0, 0.1) is 0 Å². The molecule has 0 unspecified atom stereocenters. The zero-order valence-corrected chi connectivity index (χ0v) is 13.9. The predicted octanol–water partition coefficient (Wildman–Crippen LogP) is 2.06. The Balaban J connectivity index is 1.66. The predicted molar refractivity (Wildman–Crippen MR) is 94.7 cm³/mol. The van der Waals surface area contributed by atoms with Crippen LogP contribution in [0.1, 0.15) is 22.3 Å². The van der Waals surface area contributed by atoms with Gasteiger partial charge in [-0.1, -0.05) is 30.3 Å². The highest BCUT2D eigenvalue weighted by Gasteiger charge is 2.05. The molecule has 2 aromatic rings. The van der Waals surface area contributed by atoms with Crippen molar-refractivity contribution in [2.24, 2.45) is 0 Å². The Kier molecular flexibility index (Phi) is 7.46. The molecule has 0 aliphatic carbocycles. The van der Waals surface area contributed by atoms with E-state index in [0.29, 0.717) is 25.3 Å². The molecule has 0 aromatic heterocycles. The first-order chi connectivity index (χ1) is 12.1. The zero-order chi connectivity index (χ0) is 17.9. The lowest BCUT2D eigenvalue weighted by Crippen LogP contribution is -2.26. The van der Waals surface area contributed by atoms with Crippen LogP contribution in [0.4, 0.5) is 0 Å². The maximum atomic E-state index is 11.8. The standard InChI is InChI=1S/C19H22N2O4/c22-18(23)10-11-21-19(24)16-8-6-15(7-9-16)14-20-12-13-25-17-4-2-1-3-5-17/h1-9,20H,10-14H2,(H,21,24)(H,22,23). The number of carboxylic acids is 1. The number of nitrogens with one attached hydrogen (secondary N) is 2. The fourth-order valence-electron chi connectivity index (χ4n) is 2.15. The molecule has 132 valence electrons. The van der Waals surface area contributed by atoms with Gasteiger partial charge >= 0.3 is 5.97 Å². The number of carbonyl (C=O) groups excluding carboxylic acids is 1. The molecule has 0 spiro atoms. The quantitative estimate of drug-likeness (QED) is 0.575. The summed E-state index contributed by atoms with van der Waals surface area (Å²) in [5.41, 5.74) is 1.57. The van der Waals surface area contributed by atoms with Crippen molar-refractivity contribution in [2.45, 2.75) is 13.0 Å². The van der Waals surface area contributed by atoms with Gasteiger partial charge < -0.3 is 20.5 Å². The van der Waals surface area contributed by atoms with Crippen molar-refractivity contribution in [3.05, 3.63) is 65.7 Å². The molecule has 2 aromatic carbocycles. The number of benzene rings is 2. The minimum atomic E-state index is -0.932. The number of hydrogen-bond donors (Lipinski definition) is 3. The first kappa shape index (κ1) is 18.5. The van der Waals surface area contributed by atoms with Crippen LogP contribution in [0.3, 0.4) is 0 Å². The Morgan fingerprint density at radius 3 is 2.36 bits per heavy atom. The average Bonchev–Trinajstić information content (AvgIpc) is 2.62. The van der Waals surface area contributed by atoms with Gasteiger partial charge in [0.2, 0.25) is 0 Å². The van der Waals surface area contributed by atoms with Crippen molar-refractivity contribution in [3.63, 3.8) is 0 Å². The Labute approximate surface area is 146 Å². The molecule has 3 N–H and O–H groups in total.